The lowest BCUT2D eigenvalue weighted by molar-refractivity contribution is 0.159. The van der Waals surface area contributed by atoms with Crippen LogP contribution in [-0.2, 0) is 5.41 Å². The Balaban J connectivity index is 1.67. The van der Waals surface area contributed by atoms with Gasteiger partial charge in [0, 0.05) is 31.6 Å². The third kappa shape index (κ3) is 9.60. The molecule has 230 valence electrons. The zero-order valence-electron chi connectivity index (χ0n) is 25.8. The number of aliphatic hydroxyl groups is 4. The molecule has 41 heavy (non-hydrogen) atoms. The summed E-state index contributed by atoms with van der Waals surface area (Å²) in [5.74, 6) is 0. The summed E-state index contributed by atoms with van der Waals surface area (Å²) in [6.07, 6.45) is 11.6. The molecule has 0 radical (unpaired) electrons. The van der Waals surface area contributed by atoms with Crippen LogP contribution in [-0.4, -0.2) is 95.9 Å². The molecule has 3 rings (SSSR count). The van der Waals surface area contributed by atoms with E-state index in [4.69, 9.17) is 0 Å². The minimum atomic E-state index is 0.0579. The largest absolute Gasteiger partial charge is 0.395 e. The first-order valence-corrected chi connectivity index (χ1v) is 16.1. The van der Waals surface area contributed by atoms with Gasteiger partial charge in [0.15, 0.2) is 0 Å². The van der Waals surface area contributed by atoms with E-state index in [2.05, 4.69) is 60.0 Å². The fraction of sp³-hybridized carbons (Fsp3) is 0.657. The molecule has 0 unspecified atom stereocenters. The Morgan fingerprint density at radius 2 is 0.854 bits per heavy atom. The number of hydrogen-bond acceptors (Lipinski definition) is 6. The van der Waals surface area contributed by atoms with Crippen molar-refractivity contribution in [3.63, 3.8) is 0 Å². The van der Waals surface area contributed by atoms with Crippen LogP contribution in [0.1, 0.15) is 86.5 Å². The van der Waals surface area contributed by atoms with E-state index in [1.807, 2.05) is 0 Å². The van der Waals surface area contributed by atoms with Crippen LogP contribution >= 0.6 is 0 Å². The van der Waals surface area contributed by atoms with Crippen molar-refractivity contribution in [1.82, 2.24) is 9.80 Å². The van der Waals surface area contributed by atoms with Crippen LogP contribution in [0, 0.1) is 13.8 Å². The van der Waals surface area contributed by atoms with Gasteiger partial charge in [-0.2, -0.15) is 0 Å². The summed E-state index contributed by atoms with van der Waals surface area (Å²) in [4.78, 5) is 4.31. The van der Waals surface area contributed by atoms with Crippen LogP contribution in [0.15, 0.2) is 36.4 Å². The summed E-state index contributed by atoms with van der Waals surface area (Å²) in [6.45, 7) is 9.42. The molecule has 6 heteroatoms. The van der Waals surface area contributed by atoms with Crippen molar-refractivity contribution in [2.24, 2.45) is 0 Å². The molecule has 0 atom stereocenters. The molecule has 2 aromatic carbocycles. The molecule has 1 aliphatic rings. The van der Waals surface area contributed by atoms with E-state index in [0.717, 1.165) is 38.8 Å². The second-order valence-electron chi connectivity index (χ2n) is 12.1. The molecule has 0 aromatic heterocycles. The van der Waals surface area contributed by atoms with Crippen LogP contribution in [0.25, 0.3) is 11.1 Å². The monoisotopic (exact) mass is 568 g/mol. The Hall–Kier alpha value is -1.80. The van der Waals surface area contributed by atoms with Crippen molar-refractivity contribution in [2.45, 2.75) is 83.5 Å². The van der Waals surface area contributed by atoms with E-state index in [-0.39, 0.29) is 31.8 Å². The number of aliphatic hydroxyl groups excluding tert-OH is 4. The summed E-state index contributed by atoms with van der Waals surface area (Å²) in [5.41, 5.74) is 8.59. The zero-order chi connectivity index (χ0) is 29.5. The number of fused-ring (bicyclic) bond motifs is 3. The fourth-order valence-electron chi connectivity index (χ4n) is 6.85. The normalized spacial score (nSPS) is 13.8. The fourth-order valence-corrected chi connectivity index (χ4v) is 6.85. The SMILES string of the molecule is Cc1ccc2c(c1)C(CCCCCCN(CCO)CCO)(CCCCCCN(CCO)CCO)c1cc(C)ccc1-2. The third-order valence-electron chi connectivity index (χ3n) is 8.99. The third-order valence-corrected chi connectivity index (χ3v) is 8.99. The summed E-state index contributed by atoms with van der Waals surface area (Å²) >= 11 is 0. The molecular formula is C35H56N2O4. The highest BCUT2D eigenvalue weighted by molar-refractivity contribution is 5.81. The first-order valence-electron chi connectivity index (χ1n) is 16.1. The van der Waals surface area contributed by atoms with Gasteiger partial charge in [-0.25, -0.2) is 0 Å². The standard InChI is InChI=1S/C35H56N2O4/c1-29-11-13-31-32-14-12-30(2)28-34(32)35(33(31)27-29,15-7-3-5-9-17-36(19-23-38)20-24-39)16-8-4-6-10-18-37(21-25-40)22-26-41/h11-14,27-28,38-41H,3-10,15-26H2,1-2H3. The Kier molecular flexibility index (Phi) is 14.8. The molecule has 2 aromatic rings. The smallest absolute Gasteiger partial charge is 0.0558 e. The number of hydrogen-bond donors (Lipinski definition) is 4. The van der Waals surface area contributed by atoms with Gasteiger partial charge in [0.25, 0.3) is 0 Å². The Bertz CT molecular complexity index is 934. The lowest BCUT2D eigenvalue weighted by atomic mass is 9.70. The Morgan fingerprint density at radius 3 is 1.22 bits per heavy atom. The van der Waals surface area contributed by atoms with Crippen molar-refractivity contribution in [3.8, 4) is 11.1 Å². The van der Waals surface area contributed by atoms with Crippen LogP contribution < -0.4 is 0 Å². The first-order chi connectivity index (χ1) is 20.0. The van der Waals surface area contributed by atoms with Gasteiger partial charge in [0.1, 0.15) is 0 Å². The highest BCUT2D eigenvalue weighted by Gasteiger charge is 2.42. The molecule has 6 nitrogen and oxygen atoms in total. The van der Waals surface area contributed by atoms with Gasteiger partial charge in [0.05, 0.1) is 26.4 Å². The van der Waals surface area contributed by atoms with Crippen LogP contribution in [0.4, 0.5) is 0 Å². The number of unbranched alkanes of at least 4 members (excludes halogenated alkanes) is 6. The predicted octanol–water partition coefficient (Wildman–Crippen LogP) is 5.04. The van der Waals surface area contributed by atoms with E-state index in [1.54, 1.807) is 0 Å². The number of benzene rings is 2. The van der Waals surface area contributed by atoms with Gasteiger partial charge in [-0.1, -0.05) is 86.1 Å². The highest BCUT2D eigenvalue weighted by Crippen LogP contribution is 2.54. The van der Waals surface area contributed by atoms with E-state index >= 15 is 0 Å². The Labute approximate surface area is 249 Å². The van der Waals surface area contributed by atoms with Crippen molar-refractivity contribution in [2.75, 3.05) is 65.7 Å². The second kappa shape index (κ2) is 18.0. The van der Waals surface area contributed by atoms with Crippen LogP contribution in [0.3, 0.4) is 0 Å². The molecule has 0 saturated heterocycles. The van der Waals surface area contributed by atoms with Gasteiger partial charge in [-0.3, -0.25) is 9.80 Å². The summed E-state index contributed by atoms with van der Waals surface area (Å²) < 4.78 is 0. The predicted molar refractivity (Wildman–Crippen MR) is 170 cm³/mol. The summed E-state index contributed by atoms with van der Waals surface area (Å²) in [5, 5.41) is 37.2. The van der Waals surface area contributed by atoms with E-state index in [1.165, 1.54) is 71.9 Å². The average Bonchev–Trinajstić information content (AvgIpc) is 3.21. The maximum absolute atomic E-state index is 9.30. The maximum Gasteiger partial charge on any atom is 0.0558 e. The quantitative estimate of drug-likeness (QED) is 0.149. The van der Waals surface area contributed by atoms with Crippen molar-refractivity contribution >= 4 is 0 Å². The van der Waals surface area contributed by atoms with Crippen molar-refractivity contribution in [3.05, 3.63) is 58.7 Å². The van der Waals surface area contributed by atoms with Gasteiger partial charge < -0.3 is 20.4 Å². The van der Waals surface area contributed by atoms with Gasteiger partial charge in [-0.05, 0) is 74.9 Å². The van der Waals surface area contributed by atoms with Gasteiger partial charge in [-0.15, -0.1) is 0 Å². The molecule has 0 amide bonds. The topological polar surface area (TPSA) is 87.4 Å². The van der Waals surface area contributed by atoms with Gasteiger partial charge >= 0.3 is 0 Å². The van der Waals surface area contributed by atoms with Crippen LogP contribution in [0.2, 0.25) is 0 Å². The zero-order valence-corrected chi connectivity index (χ0v) is 25.8. The van der Waals surface area contributed by atoms with E-state index in [9.17, 15) is 20.4 Å². The molecule has 0 saturated carbocycles. The van der Waals surface area contributed by atoms with Gasteiger partial charge in [0.2, 0.25) is 0 Å². The average molecular weight is 569 g/mol. The number of rotatable bonds is 22. The summed E-state index contributed by atoms with van der Waals surface area (Å²) in [6, 6.07) is 14.1. The molecule has 0 aliphatic heterocycles. The van der Waals surface area contributed by atoms with E-state index in [0.29, 0.717) is 26.2 Å². The maximum atomic E-state index is 9.30. The minimum Gasteiger partial charge on any atom is -0.395 e. The molecule has 4 N–H and O–H groups in total. The molecule has 0 bridgehead atoms. The molecule has 0 fully saturated rings. The summed E-state index contributed by atoms with van der Waals surface area (Å²) in [7, 11) is 0. The van der Waals surface area contributed by atoms with Crippen molar-refractivity contribution in [1.29, 1.82) is 0 Å². The molecule has 0 heterocycles. The molecule has 1 aliphatic carbocycles. The number of aryl methyl sites for hydroxylation is 2. The first kappa shape index (κ1) is 33.7. The Morgan fingerprint density at radius 1 is 0.488 bits per heavy atom. The van der Waals surface area contributed by atoms with Crippen LogP contribution in [0.5, 0.6) is 0 Å². The van der Waals surface area contributed by atoms with Crippen molar-refractivity contribution < 1.29 is 20.4 Å². The minimum absolute atomic E-state index is 0.0579. The molecule has 0 spiro atoms. The highest BCUT2D eigenvalue weighted by atomic mass is 16.3. The molecular weight excluding hydrogens is 512 g/mol. The lowest BCUT2D eigenvalue weighted by Crippen LogP contribution is -2.30. The lowest BCUT2D eigenvalue weighted by Gasteiger charge is -2.33. The van der Waals surface area contributed by atoms with E-state index < -0.39 is 0 Å². The number of nitrogens with zero attached hydrogens (tertiary/aromatic N) is 2. The second-order valence-corrected chi connectivity index (χ2v) is 12.1.